The highest BCUT2D eigenvalue weighted by atomic mass is 32.1. The van der Waals surface area contributed by atoms with E-state index in [4.69, 9.17) is 9.47 Å². The fraction of sp³-hybridized carbons (Fsp3) is 0.0690. The maximum Gasteiger partial charge on any atom is 0.0814 e. The molecule has 11 aromatic carbocycles. The minimum atomic E-state index is 0.574. The van der Waals surface area contributed by atoms with Gasteiger partial charge in [-0.1, -0.05) is 109 Å². The summed E-state index contributed by atoms with van der Waals surface area (Å²) in [4.78, 5) is 2.52. The number of benzene rings is 11. The van der Waals surface area contributed by atoms with E-state index in [2.05, 4.69) is 158 Å². The van der Waals surface area contributed by atoms with Crippen LogP contribution in [0.1, 0.15) is 20.9 Å². The third-order valence-corrected chi connectivity index (χ3v) is 18.1. The lowest BCUT2D eigenvalue weighted by Gasteiger charge is -2.14. The van der Waals surface area contributed by atoms with Crippen LogP contribution in [0.3, 0.4) is 0 Å². The van der Waals surface area contributed by atoms with Crippen LogP contribution in [0.25, 0.3) is 125 Å². The van der Waals surface area contributed by atoms with Gasteiger partial charge >= 0.3 is 0 Å². The molecule has 0 fully saturated rings. The molecule has 4 heterocycles. The summed E-state index contributed by atoms with van der Waals surface area (Å²) in [5, 5.41) is 23.9. The molecule has 0 aliphatic carbocycles. The molecule has 64 heavy (non-hydrogen) atoms. The monoisotopic (exact) mass is 890 g/mol. The Kier molecular flexibility index (Phi) is 7.71. The van der Waals surface area contributed by atoms with E-state index >= 15 is 0 Å². The average Bonchev–Trinajstić information content (AvgIpc) is 4.12. The SMILES string of the molecule is c1cc2ccc3ccc(COCc4cc5c(ccc6sc7ccc8sc9ccc%10sc(COCc%11ccc%12ccc%13cccc%14ccc%11c%12c%13%14)cc%10c9c8c7c65)s4)c4ccc(c1)c2c34. The molecule has 0 bridgehead atoms. The number of hydrogen-bond donors (Lipinski definition) is 0. The van der Waals surface area contributed by atoms with E-state index in [1.165, 1.54) is 146 Å². The molecular formula is C58H34O2S4. The van der Waals surface area contributed by atoms with E-state index in [0.29, 0.717) is 26.4 Å². The summed E-state index contributed by atoms with van der Waals surface area (Å²) in [7, 11) is 0. The average molecular weight is 891 g/mol. The Bertz CT molecular complexity index is 4080. The molecule has 0 radical (unpaired) electrons. The molecule has 0 aliphatic heterocycles. The zero-order valence-electron chi connectivity index (χ0n) is 34.3. The maximum absolute atomic E-state index is 6.57. The van der Waals surface area contributed by atoms with Gasteiger partial charge in [0.2, 0.25) is 0 Å². The van der Waals surface area contributed by atoms with E-state index < -0.39 is 0 Å². The second-order valence-electron chi connectivity index (χ2n) is 17.3. The number of ether oxygens (including phenoxy) is 2. The summed E-state index contributed by atoms with van der Waals surface area (Å²) in [5.74, 6) is 0. The number of thiophene rings is 4. The Balaban J connectivity index is 0.768. The molecule has 15 aromatic rings. The van der Waals surface area contributed by atoms with Crippen LogP contribution in [0.5, 0.6) is 0 Å². The highest BCUT2D eigenvalue weighted by Gasteiger charge is 2.20. The smallest absolute Gasteiger partial charge is 0.0814 e. The second kappa shape index (κ2) is 13.6. The summed E-state index contributed by atoms with van der Waals surface area (Å²) in [6.45, 7) is 2.31. The number of hydrogen-bond acceptors (Lipinski definition) is 6. The van der Waals surface area contributed by atoms with Gasteiger partial charge < -0.3 is 9.47 Å². The van der Waals surface area contributed by atoms with Crippen molar-refractivity contribution in [3.8, 4) is 0 Å². The quantitative estimate of drug-likeness (QED) is 0.142. The van der Waals surface area contributed by atoms with Crippen molar-refractivity contribution in [2.24, 2.45) is 0 Å². The Morgan fingerprint density at radius 3 is 1.06 bits per heavy atom. The van der Waals surface area contributed by atoms with Gasteiger partial charge in [0, 0.05) is 70.3 Å². The van der Waals surface area contributed by atoms with E-state index in [1.807, 2.05) is 45.3 Å². The first-order valence-corrected chi connectivity index (χ1v) is 25.1. The van der Waals surface area contributed by atoms with Crippen LogP contribution in [-0.2, 0) is 35.9 Å². The van der Waals surface area contributed by atoms with Crippen molar-refractivity contribution in [3.05, 3.63) is 179 Å². The van der Waals surface area contributed by atoms with Crippen molar-refractivity contribution in [1.29, 1.82) is 0 Å². The van der Waals surface area contributed by atoms with Crippen molar-refractivity contribution >= 4 is 170 Å². The lowest BCUT2D eigenvalue weighted by molar-refractivity contribution is 0.110. The Morgan fingerprint density at radius 2 is 0.625 bits per heavy atom. The van der Waals surface area contributed by atoms with Gasteiger partial charge in [-0.25, -0.2) is 0 Å². The standard InChI is InChI=1S/C58H34O2S4/c1-3-31-7-9-35-11-13-37(41-17-15-33(5-1)51(31)53(35)41)27-59-29-39-25-43-45(61-39)19-21-47-55(43)57-49(63-47)23-24-50-58(57)56-44-26-40(62-46(44)20-22-48(56)64-50)30-60-28-38-14-12-36-10-8-32-4-2-6-34-16-18-42(38)54(36)52(32)34/h1-26H,27-30H2. The molecule has 4 aromatic heterocycles. The molecule has 6 heteroatoms. The molecule has 0 N–H and O–H groups in total. The Hall–Kier alpha value is -6.22. The van der Waals surface area contributed by atoms with E-state index in [0.717, 1.165) is 0 Å². The maximum atomic E-state index is 6.57. The molecule has 0 spiro atoms. The van der Waals surface area contributed by atoms with Crippen LogP contribution in [0.4, 0.5) is 0 Å². The van der Waals surface area contributed by atoms with Crippen LogP contribution in [-0.4, -0.2) is 0 Å². The third-order valence-electron chi connectivity index (χ3n) is 13.7. The van der Waals surface area contributed by atoms with Gasteiger partial charge in [-0.15, -0.1) is 45.3 Å². The lowest BCUT2D eigenvalue weighted by atomic mass is 9.92. The summed E-state index contributed by atoms with van der Waals surface area (Å²) in [6, 6.07) is 59.1. The van der Waals surface area contributed by atoms with Crippen LogP contribution in [0.15, 0.2) is 158 Å². The first-order chi connectivity index (χ1) is 31.7. The fourth-order valence-corrected chi connectivity index (χ4v) is 15.2. The van der Waals surface area contributed by atoms with Crippen LogP contribution >= 0.6 is 45.3 Å². The molecule has 302 valence electrons. The number of rotatable bonds is 8. The molecule has 15 rings (SSSR count). The van der Waals surface area contributed by atoms with Crippen molar-refractivity contribution in [3.63, 3.8) is 0 Å². The molecule has 0 saturated heterocycles. The molecular weight excluding hydrogens is 857 g/mol. The third kappa shape index (κ3) is 5.24. The van der Waals surface area contributed by atoms with Gasteiger partial charge in [0.15, 0.2) is 0 Å². The highest BCUT2D eigenvalue weighted by Crippen LogP contribution is 2.50. The molecule has 0 unspecified atom stereocenters. The van der Waals surface area contributed by atoms with Gasteiger partial charge in [0.1, 0.15) is 0 Å². The van der Waals surface area contributed by atoms with Crippen molar-refractivity contribution < 1.29 is 9.47 Å². The van der Waals surface area contributed by atoms with Gasteiger partial charge in [0.25, 0.3) is 0 Å². The van der Waals surface area contributed by atoms with Gasteiger partial charge in [-0.05, 0) is 124 Å². The Morgan fingerprint density at radius 1 is 0.266 bits per heavy atom. The zero-order chi connectivity index (χ0) is 41.6. The minimum Gasteiger partial charge on any atom is -0.371 e. The predicted molar refractivity (Wildman–Crippen MR) is 280 cm³/mol. The van der Waals surface area contributed by atoms with Crippen LogP contribution in [0.2, 0.25) is 0 Å². The zero-order valence-corrected chi connectivity index (χ0v) is 37.6. The second-order valence-corrected chi connectivity index (χ2v) is 21.8. The topological polar surface area (TPSA) is 18.5 Å². The number of fused-ring (bicyclic) bond motifs is 11. The van der Waals surface area contributed by atoms with E-state index in [9.17, 15) is 0 Å². The minimum absolute atomic E-state index is 0.574. The molecule has 2 nitrogen and oxygen atoms in total. The van der Waals surface area contributed by atoms with E-state index in [1.54, 1.807) is 0 Å². The summed E-state index contributed by atoms with van der Waals surface area (Å²) >= 11 is 7.56. The molecule has 0 aliphatic rings. The van der Waals surface area contributed by atoms with Crippen molar-refractivity contribution in [2.75, 3.05) is 0 Å². The highest BCUT2D eigenvalue weighted by molar-refractivity contribution is 7.28. The van der Waals surface area contributed by atoms with Crippen LogP contribution < -0.4 is 0 Å². The van der Waals surface area contributed by atoms with E-state index in [-0.39, 0.29) is 0 Å². The van der Waals surface area contributed by atoms with Gasteiger partial charge in [-0.2, -0.15) is 0 Å². The summed E-state index contributed by atoms with van der Waals surface area (Å²) in [6.07, 6.45) is 0. The molecule has 0 amide bonds. The van der Waals surface area contributed by atoms with Crippen molar-refractivity contribution in [2.45, 2.75) is 26.4 Å². The first kappa shape index (κ1) is 36.2. The fourth-order valence-electron chi connectivity index (χ4n) is 11.0. The van der Waals surface area contributed by atoms with Gasteiger partial charge in [-0.3, -0.25) is 0 Å². The summed E-state index contributed by atoms with van der Waals surface area (Å²) in [5.41, 5.74) is 2.48. The Labute approximate surface area is 382 Å². The normalized spacial score (nSPS) is 12.8. The predicted octanol–water partition coefficient (Wildman–Crippen LogP) is 18.1. The molecule has 0 atom stereocenters. The van der Waals surface area contributed by atoms with Gasteiger partial charge in [0.05, 0.1) is 26.4 Å². The summed E-state index contributed by atoms with van der Waals surface area (Å²) < 4.78 is 21.1. The lowest BCUT2D eigenvalue weighted by Crippen LogP contribution is -1.95. The first-order valence-electron chi connectivity index (χ1n) is 21.8. The largest absolute Gasteiger partial charge is 0.371 e. The molecule has 0 saturated carbocycles. The van der Waals surface area contributed by atoms with Crippen molar-refractivity contribution in [1.82, 2.24) is 0 Å². The van der Waals surface area contributed by atoms with Crippen LogP contribution in [0, 0.1) is 0 Å².